The second-order valence-electron chi connectivity index (χ2n) is 6.05. The number of para-hydroxylation sites is 1. The first-order valence-corrected chi connectivity index (χ1v) is 8.14. The molecule has 1 aromatic heterocycles. The summed E-state index contributed by atoms with van der Waals surface area (Å²) in [7, 11) is 0. The molecular formula is C20H14F5NO2. The van der Waals surface area contributed by atoms with E-state index in [1.54, 1.807) is 0 Å². The Labute approximate surface area is 156 Å². The fourth-order valence-corrected chi connectivity index (χ4v) is 2.77. The van der Waals surface area contributed by atoms with Crippen LogP contribution in [0.25, 0.3) is 5.69 Å². The maximum atomic E-state index is 13.7. The van der Waals surface area contributed by atoms with E-state index in [0.29, 0.717) is 6.07 Å². The average molecular weight is 395 g/mol. The molecule has 0 amide bonds. The summed E-state index contributed by atoms with van der Waals surface area (Å²) in [5, 5.41) is 0. The van der Waals surface area contributed by atoms with Crippen LogP contribution in [0.2, 0.25) is 0 Å². The number of hydrogen-bond acceptors (Lipinski definition) is 2. The summed E-state index contributed by atoms with van der Waals surface area (Å²) < 4.78 is 72.6. The van der Waals surface area contributed by atoms with Crippen molar-refractivity contribution in [3.63, 3.8) is 0 Å². The third-order valence-electron chi connectivity index (χ3n) is 4.05. The van der Waals surface area contributed by atoms with Crippen LogP contribution in [0, 0.1) is 18.6 Å². The fourth-order valence-electron chi connectivity index (χ4n) is 2.77. The standard InChI is InChI=1S/C20H14F5NO2/c1-12-8-15(28-11-13-6-7-14(21)9-17(13)22)10-19(27)26(12)18-5-3-2-4-16(18)20(23,24)25/h2-10H,11H2,1H3. The number of pyridine rings is 1. The maximum absolute atomic E-state index is 13.7. The molecule has 28 heavy (non-hydrogen) atoms. The lowest BCUT2D eigenvalue weighted by Gasteiger charge is -2.17. The van der Waals surface area contributed by atoms with Gasteiger partial charge in [0.2, 0.25) is 0 Å². The number of nitrogens with zero attached hydrogens (tertiary/aromatic N) is 1. The van der Waals surface area contributed by atoms with Crippen molar-refractivity contribution in [1.82, 2.24) is 4.57 Å². The summed E-state index contributed by atoms with van der Waals surface area (Å²) in [4.78, 5) is 12.5. The molecule has 2 aromatic carbocycles. The van der Waals surface area contributed by atoms with Crippen LogP contribution in [-0.4, -0.2) is 4.57 Å². The Morgan fingerprint density at radius 3 is 2.36 bits per heavy atom. The molecule has 1 heterocycles. The Morgan fingerprint density at radius 1 is 1.00 bits per heavy atom. The lowest BCUT2D eigenvalue weighted by atomic mass is 10.1. The molecule has 3 aromatic rings. The SMILES string of the molecule is Cc1cc(OCc2ccc(F)cc2F)cc(=O)n1-c1ccccc1C(F)(F)F. The van der Waals surface area contributed by atoms with Crippen molar-refractivity contribution in [2.75, 3.05) is 0 Å². The number of halogens is 5. The molecule has 0 fully saturated rings. The summed E-state index contributed by atoms with van der Waals surface area (Å²) in [5.74, 6) is -1.47. The van der Waals surface area contributed by atoms with Crippen molar-refractivity contribution in [3.8, 4) is 11.4 Å². The number of ether oxygens (including phenoxy) is 1. The van der Waals surface area contributed by atoms with Crippen LogP contribution in [0.1, 0.15) is 16.8 Å². The minimum Gasteiger partial charge on any atom is -0.489 e. The second-order valence-corrected chi connectivity index (χ2v) is 6.05. The molecule has 0 saturated carbocycles. The Bertz CT molecular complexity index is 1070. The molecule has 0 aliphatic heterocycles. The Hall–Kier alpha value is -3.16. The normalized spacial score (nSPS) is 11.5. The van der Waals surface area contributed by atoms with E-state index >= 15 is 0 Å². The highest BCUT2D eigenvalue weighted by molar-refractivity contribution is 5.45. The summed E-state index contributed by atoms with van der Waals surface area (Å²) >= 11 is 0. The molecular weight excluding hydrogens is 381 g/mol. The number of aryl methyl sites for hydroxylation is 1. The van der Waals surface area contributed by atoms with E-state index in [4.69, 9.17) is 4.74 Å². The highest BCUT2D eigenvalue weighted by atomic mass is 19.4. The van der Waals surface area contributed by atoms with Crippen LogP contribution in [0.5, 0.6) is 5.75 Å². The van der Waals surface area contributed by atoms with Crippen LogP contribution in [0.3, 0.4) is 0 Å². The smallest absolute Gasteiger partial charge is 0.418 e. The van der Waals surface area contributed by atoms with Gasteiger partial charge in [-0.15, -0.1) is 0 Å². The molecule has 3 rings (SSSR count). The molecule has 0 N–H and O–H groups in total. The monoisotopic (exact) mass is 395 g/mol. The maximum Gasteiger partial charge on any atom is 0.418 e. The molecule has 0 atom stereocenters. The van der Waals surface area contributed by atoms with Crippen molar-refractivity contribution in [2.24, 2.45) is 0 Å². The first kappa shape index (κ1) is 19.6. The minimum absolute atomic E-state index is 0.0620. The van der Waals surface area contributed by atoms with Crippen LogP contribution < -0.4 is 10.3 Å². The molecule has 146 valence electrons. The van der Waals surface area contributed by atoms with E-state index < -0.39 is 28.9 Å². The van der Waals surface area contributed by atoms with Gasteiger partial charge in [-0.3, -0.25) is 9.36 Å². The fraction of sp³-hybridized carbons (Fsp3) is 0.150. The van der Waals surface area contributed by atoms with Gasteiger partial charge in [-0.25, -0.2) is 8.78 Å². The molecule has 0 bridgehead atoms. The number of benzene rings is 2. The zero-order valence-corrected chi connectivity index (χ0v) is 14.6. The zero-order valence-electron chi connectivity index (χ0n) is 14.6. The van der Waals surface area contributed by atoms with Gasteiger partial charge in [-0.05, 0) is 31.2 Å². The molecule has 3 nitrogen and oxygen atoms in total. The van der Waals surface area contributed by atoms with E-state index in [1.165, 1.54) is 37.3 Å². The lowest BCUT2D eigenvalue weighted by Crippen LogP contribution is -2.23. The van der Waals surface area contributed by atoms with Gasteiger partial charge in [0.15, 0.2) is 0 Å². The van der Waals surface area contributed by atoms with Crippen molar-refractivity contribution in [1.29, 1.82) is 0 Å². The predicted octanol–water partition coefficient (Wildman–Crippen LogP) is 5.02. The van der Waals surface area contributed by atoms with Crippen LogP contribution in [-0.2, 0) is 12.8 Å². The Morgan fingerprint density at radius 2 is 1.71 bits per heavy atom. The highest BCUT2D eigenvalue weighted by Crippen LogP contribution is 2.33. The molecule has 0 radical (unpaired) electrons. The number of aromatic nitrogens is 1. The minimum atomic E-state index is -4.63. The van der Waals surface area contributed by atoms with Crippen molar-refractivity contribution >= 4 is 0 Å². The van der Waals surface area contributed by atoms with Gasteiger partial charge >= 0.3 is 6.18 Å². The molecule has 0 spiro atoms. The van der Waals surface area contributed by atoms with Crippen molar-refractivity contribution in [3.05, 3.63) is 93.4 Å². The van der Waals surface area contributed by atoms with Gasteiger partial charge in [0.25, 0.3) is 5.56 Å². The summed E-state index contributed by atoms with van der Waals surface area (Å²) in [6, 6.07) is 10.1. The van der Waals surface area contributed by atoms with E-state index in [1.807, 2.05) is 0 Å². The third kappa shape index (κ3) is 4.05. The Kier molecular flexibility index (Phi) is 5.22. The first-order valence-electron chi connectivity index (χ1n) is 8.14. The Balaban J connectivity index is 1.94. The lowest BCUT2D eigenvalue weighted by molar-refractivity contribution is -0.137. The highest BCUT2D eigenvalue weighted by Gasteiger charge is 2.34. The van der Waals surface area contributed by atoms with Crippen LogP contribution in [0.4, 0.5) is 22.0 Å². The van der Waals surface area contributed by atoms with E-state index in [2.05, 4.69) is 0 Å². The van der Waals surface area contributed by atoms with E-state index in [0.717, 1.165) is 22.8 Å². The largest absolute Gasteiger partial charge is 0.489 e. The zero-order chi connectivity index (χ0) is 20.5. The molecule has 8 heteroatoms. The van der Waals surface area contributed by atoms with Crippen molar-refractivity contribution in [2.45, 2.75) is 19.7 Å². The van der Waals surface area contributed by atoms with E-state index in [-0.39, 0.29) is 29.3 Å². The predicted molar refractivity (Wildman–Crippen MR) is 92.5 cm³/mol. The summed E-state index contributed by atoms with van der Waals surface area (Å²) in [5.41, 5.74) is -1.69. The van der Waals surface area contributed by atoms with Gasteiger partial charge in [-0.1, -0.05) is 12.1 Å². The molecule has 0 unspecified atom stereocenters. The van der Waals surface area contributed by atoms with Gasteiger partial charge in [0.1, 0.15) is 24.0 Å². The molecule has 0 aliphatic carbocycles. The average Bonchev–Trinajstić information content (AvgIpc) is 2.60. The summed E-state index contributed by atoms with van der Waals surface area (Å²) in [6.07, 6.45) is -4.63. The number of rotatable bonds is 4. The van der Waals surface area contributed by atoms with Crippen LogP contribution >= 0.6 is 0 Å². The van der Waals surface area contributed by atoms with E-state index in [9.17, 15) is 26.7 Å². The van der Waals surface area contributed by atoms with Gasteiger partial charge in [0, 0.05) is 29.5 Å². The molecule has 0 aliphatic rings. The molecule has 0 saturated heterocycles. The topological polar surface area (TPSA) is 31.2 Å². The number of alkyl halides is 3. The second kappa shape index (κ2) is 7.46. The number of hydrogen-bond donors (Lipinski definition) is 0. The van der Waals surface area contributed by atoms with Crippen molar-refractivity contribution < 1.29 is 26.7 Å². The third-order valence-corrected chi connectivity index (χ3v) is 4.05. The van der Waals surface area contributed by atoms with Gasteiger partial charge < -0.3 is 4.74 Å². The first-order chi connectivity index (χ1) is 13.2. The quantitative estimate of drug-likeness (QED) is 0.581. The van der Waals surface area contributed by atoms with Crippen LogP contribution in [0.15, 0.2) is 59.4 Å². The van der Waals surface area contributed by atoms with Gasteiger partial charge in [-0.2, -0.15) is 13.2 Å². The summed E-state index contributed by atoms with van der Waals surface area (Å²) in [6.45, 7) is 1.19. The van der Waals surface area contributed by atoms with Gasteiger partial charge in [0.05, 0.1) is 11.3 Å².